The van der Waals surface area contributed by atoms with E-state index in [4.69, 9.17) is 11.6 Å². The molecule has 0 N–H and O–H groups in total. The normalized spacial score (nSPS) is 10.4. The SMILES string of the molecule is O=[N+]([O-])c1ccc(Cn2cc(Cl)c([N+](=O)[O-])n2)cc1. The van der Waals surface area contributed by atoms with Crippen LogP contribution in [0.25, 0.3) is 0 Å². The minimum atomic E-state index is -0.672. The van der Waals surface area contributed by atoms with Crippen LogP contribution in [-0.4, -0.2) is 19.6 Å². The summed E-state index contributed by atoms with van der Waals surface area (Å²) < 4.78 is 1.31. The van der Waals surface area contributed by atoms with Gasteiger partial charge in [0.25, 0.3) is 5.69 Å². The van der Waals surface area contributed by atoms with E-state index in [-0.39, 0.29) is 17.3 Å². The third-order valence-corrected chi connectivity index (χ3v) is 2.63. The van der Waals surface area contributed by atoms with Gasteiger partial charge in [0, 0.05) is 12.1 Å². The molecule has 2 rings (SSSR count). The summed E-state index contributed by atoms with van der Waals surface area (Å²) in [5, 5.41) is 24.7. The lowest BCUT2D eigenvalue weighted by Gasteiger charge is -1.97. The molecule has 0 unspecified atom stereocenters. The van der Waals surface area contributed by atoms with Crippen LogP contribution in [0.15, 0.2) is 30.5 Å². The number of non-ortho nitro benzene ring substituents is 1. The number of rotatable bonds is 4. The Balaban J connectivity index is 2.19. The Bertz CT molecular complexity index is 637. The second-order valence-corrected chi connectivity index (χ2v) is 4.09. The quantitative estimate of drug-likeness (QED) is 0.632. The summed E-state index contributed by atoms with van der Waals surface area (Å²) in [6.45, 7) is 0.242. The largest absolute Gasteiger partial charge is 0.408 e. The van der Waals surface area contributed by atoms with Crippen LogP contribution in [0.3, 0.4) is 0 Å². The molecule has 0 amide bonds. The molecule has 2 aromatic rings. The molecule has 0 atom stereocenters. The van der Waals surface area contributed by atoms with Crippen LogP contribution >= 0.6 is 11.6 Å². The van der Waals surface area contributed by atoms with Crippen LogP contribution in [0, 0.1) is 20.2 Å². The first-order valence-corrected chi connectivity index (χ1v) is 5.46. The first kappa shape index (κ1) is 13.0. The van der Waals surface area contributed by atoms with E-state index in [9.17, 15) is 20.2 Å². The third-order valence-electron chi connectivity index (χ3n) is 2.36. The highest BCUT2D eigenvalue weighted by atomic mass is 35.5. The maximum absolute atomic E-state index is 10.6. The molecule has 0 aliphatic heterocycles. The van der Waals surface area contributed by atoms with Gasteiger partial charge in [0.15, 0.2) is 5.02 Å². The van der Waals surface area contributed by atoms with E-state index in [1.807, 2.05) is 0 Å². The van der Waals surface area contributed by atoms with Crippen molar-refractivity contribution >= 4 is 23.1 Å². The predicted molar refractivity (Wildman–Crippen MR) is 66.1 cm³/mol. The molecular weight excluding hydrogens is 276 g/mol. The van der Waals surface area contributed by atoms with Crippen molar-refractivity contribution in [3.05, 3.63) is 61.3 Å². The lowest BCUT2D eigenvalue weighted by Crippen LogP contribution is -2.01. The van der Waals surface area contributed by atoms with Crippen LogP contribution in [0.2, 0.25) is 5.02 Å². The Morgan fingerprint density at radius 1 is 1.16 bits per heavy atom. The van der Waals surface area contributed by atoms with Gasteiger partial charge in [0.2, 0.25) is 0 Å². The summed E-state index contributed by atoms with van der Waals surface area (Å²) in [6, 6.07) is 5.82. The Morgan fingerprint density at radius 3 is 2.26 bits per heavy atom. The summed E-state index contributed by atoms with van der Waals surface area (Å²) >= 11 is 5.66. The number of nitrogens with zero attached hydrogens (tertiary/aromatic N) is 4. The van der Waals surface area contributed by atoms with Gasteiger partial charge in [0.05, 0.1) is 22.8 Å². The lowest BCUT2D eigenvalue weighted by atomic mass is 10.2. The highest BCUT2D eigenvalue weighted by Gasteiger charge is 2.19. The van der Waals surface area contributed by atoms with Crippen LogP contribution in [0.5, 0.6) is 0 Å². The van der Waals surface area contributed by atoms with Crippen LogP contribution in [0.1, 0.15) is 5.56 Å². The van der Waals surface area contributed by atoms with Crippen LogP contribution < -0.4 is 0 Å². The van der Waals surface area contributed by atoms with Crippen LogP contribution in [-0.2, 0) is 6.54 Å². The number of nitro groups is 2. The summed E-state index contributed by atoms with van der Waals surface area (Å²) in [6.07, 6.45) is 1.33. The minimum Gasteiger partial charge on any atom is -0.358 e. The monoisotopic (exact) mass is 282 g/mol. The maximum Gasteiger partial charge on any atom is 0.408 e. The molecule has 9 heteroatoms. The van der Waals surface area contributed by atoms with Crippen molar-refractivity contribution in [2.24, 2.45) is 0 Å². The molecule has 0 saturated carbocycles. The first-order valence-electron chi connectivity index (χ1n) is 5.08. The molecule has 0 aliphatic carbocycles. The molecule has 0 spiro atoms. The van der Waals surface area contributed by atoms with Crippen molar-refractivity contribution in [3.63, 3.8) is 0 Å². The van der Waals surface area contributed by atoms with E-state index < -0.39 is 15.7 Å². The number of halogens is 1. The van der Waals surface area contributed by atoms with Gasteiger partial charge in [0.1, 0.15) is 0 Å². The molecule has 1 heterocycles. The van der Waals surface area contributed by atoms with E-state index >= 15 is 0 Å². The van der Waals surface area contributed by atoms with Gasteiger partial charge in [-0.2, -0.15) is 4.68 Å². The molecule has 1 aromatic heterocycles. The average Bonchev–Trinajstić information content (AvgIpc) is 2.71. The van der Waals surface area contributed by atoms with Gasteiger partial charge >= 0.3 is 5.82 Å². The number of aromatic nitrogens is 2. The molecule has 0 saturated heterocycles. The lowest BCUT2D eigenvalue weighted by molar-refractivity contribution is -0.389. The Labute approximate surface area is 111 Å². The molecule has 19 heavy (non-hydrogen) atoms. The third kappa shape index (κ3) is 2.86. The van der Waals surface area contributed by atoms with Gasteiger partial charge in [-0.3, -0.25) is 10.1 Å². The fourth-order valence-electron chi connectivity index (χ4n) is 1.50. The zero-order chi connectivity index (χ0) is 14.0. The van der Waals surface area contributed by atoms with Gasteiger partial charge in [-0.25, -0.2) is 0 Å². The summed E-state index contributed by atoms with van der Waals surface area (Å²) in [5.41, 5.74) is 0.702. The van der Waals surface area contributed by atoms with E-state index in [0.29, 0.717) is 0 Å². The minimum absolute atomic E-state index is 0.0202. The van der Waals surface area contributed by atoms with Crippen molar-refractivity contribution in [2.75, 3.05) is 0 Å². The van der Waals surface area contributed by atoms with Crippen molar-refractivity contribution in [2.45, 2.75) is 6.54 Å². The predicted octanol–water partition coefficient (Wildman–Crippen LogP) is 2.40. The van der Waals surface area contributed by atoms with Crippen molar-refractivity contribution in [1.82, 2.24) is 9.78 Å². The number of benzene rings is 1. The first-order chi connectivity index (χ1) is 8.97. The fourth-order valence-corrected chi connectivity index (χ4v) is 1.72. The molecule has 8 nitrogen and oxygen atoms in total. The van der Waals surface area contributed by atoms with Crippen molar-refractivity contribution in [1.29, 1.82) is 0 Å². The molecule has 0 bridgehead atoms. The smallest absolute Gasteiger partial charge is 0.358 e. The van der Waals surface area contributed by atoms with E-state index in [1.54, 1.807) is 12.1 Å². The fraction of sp³-hybridized carbons (Fsp3) is 0.100. The maximum atomic E-state index is 10.6. The topological polar surface area (TPSA) is 104 Å². The molecule has 1 aromatic carbocycles. The number of nitro benzene ring substituents is 1. The summed E-state index contributed by atoms with van der Waals surface area (Å²) in [5.74, 6) is -0.413. The molecule has 98 valence electrons. The van der Waals surface area contributed by atoms with E-state index in [2.05, 4.69) is 5.10 Å². The van der Waals surface area contributed by atoms with Gasteiger partial charge in [-0.15, -0.1) is 0 Å². The van der Waals surface area contributed by atoms with Crippen LogP contribution in [0.4, 0.5) is 11.5 Å². The summed E-state index contributed by atoms with van der Waals surface area (Å²) in [7, 11) is 0. The van der Waals surface area contributed by atoms with E-state index in [1.165, 1.54) is 23.0 Å². The van der Waals surface area contributed by atoms with Gasteiger partial charge in [-0.1, -0.05) is 23.7 Å². The molecule has 0 radical (unpaired) electrons. The standard InChI is InChI=1S/C10H7ClN4O4/c11-9-6-13(12-10(9)15(18)19)5-7-1-3-8(4-2-7)14(16)17/h1-4,6H,5H2. The highest BCUT2D eigenvalue weighted by molar-refractivity contribution is 6.32. The average molecular weight is 283 g/mol. The number of hydrogen-bond donors (Lipinski definition) is 0. The second-order valence-electron chi connectivity index (χ2n) is 3.68. The molecular formula is C10H7ClN4O4. The second kappa shape index (κ2) is 5.02. The van der Waals surface area contributed by atoms with Crippen molar-refractivity contribution in [3.8, 4) is 0 Å². The Morgan fingerprint density at radius 2 is 1.79 bits per heavy atom. The molecule has 0 fully saturated rings. The Hall–Kier alpha value is -2.48. The Kier molecular flexibility index (Phi) is 3.43. The molecule has 0 aliphatic rings. The van der Waals surface area contributed by atoms with Crippen molar-refractivity contribution < 1.29 is 9.85 Å². The van der Waals surface area contributed by atoms with Gasteiger partial charge in [-0.05, 0) is 10.5 Å². The van der Waals surface area contributed by atoms with Gasteiger partial charge < -0.3 is 10.1 Å². The number of hydrogen-bond acceptors (Lipinski definition) is 5. The zero-order valence-corrected chi connectivity index (χ0v) is 10.1. The highest BCUT2D eigenvalue weighted by Crippen LogP contribution is 2.22. The van der Waals surface area contributed by atoms with E-state index in [0.717, 1.165) is 5.56 Å². The summed E-state index contributed by atoms with van der Waals surface area (Å²) in [4.78, 5) is 19.9. The zero-order valence-electron chi connectivity index (χ0n) is 9.39.